The van der Waals surface area contributed by atoms with Gasteiger partial charge >= 0.3 is 0 Å². The summed E-state index contributed by atoms with van der Waals surface area (Å²) < 4.78 is 7.26. The molecule has 1 atom stereocenters. The molecule has 0 bridgehead atoms. The van der Waals surface area contributed by atoms with E-state index >= 15 is 0 Å². The van der Waals surface area contributed by atoms with Gasteiger partial charge in [-0.15, -0.1) is 5.10 Å². The lowest BCUT2D eigenvalue weighted by atomic mass is 10.1. The van der Waals surface area contributed by atoms with Gasteiger partial charge in [-0.05, 0) is 38.9 Å². The number of methoxy groups -OCH3 is 1. The average molecular weight is 345 g/mol. The number of nitrogens with one attached hydrogen (secondary N) is 1. The summed E-state index contributed by atoms with van der Waals surface area (Å²) in [7, 11) is 1.59. The van der Waals surface area contributed by atoms with E-state index in [9.17, 15) is 4.79 Å². The van der Waals surface area contributed by atoms with Gasteiger partial charge in [0.1, 0.15) is 11.3 Å². The number of aryl methyl sites for hydroxylation is 1. The molecule has 1 N–H and O–H groups in total. The molecule has 1 saturated heterocycles. The van der Waals surface area contributed by atoms with E-state index in [1.54, 1.807) is 17.9 Å². The van der Waals surface area contributed by atoms with Gasteiger partial charge in [0.05, 0.1) is 18.2 Å². The maximum absolute atomic E-state index is 12.9. The standard InChI is InChI=1S/C18H27N5O2/c1-4-22-9-7-6-8-13(12-22)19-18(24)14-10-15-16(11-17(14)25-3)23(5-2)21-20-15/h10-11,13H,4-9,12H2,1-3H3,(H,19,24)/t13-/m1/s1. The fourth-order valence-corrected chi connectivity index (χ4v) is 3.46. The van der Waals surface area contributed by atoms with Crippen LogP contribution in [0, 0.1) is 0 Å². The summed E-state index contributed by atoms with van der Waals surface area (Å²) in [5.41, 5.74) is 2.11. The molecular weight excluding hydrogens is 318 g/mol. The van der Waals surface area contributed by atoms with Crippen molar-refractivity contribution in [2.24, 2.45) is 0 Å². The molecule has 7 nitrogen and oxygen atoms in total. The van der Waals surface area contributed by atoms with E-state index in [1.807, 2.05) is 13.0 Å². The molecule has 0 radical (unpaired) electrons. The van der Waals surface area contributed by atoms with Crippen LogP contribution in [0.2, 0.25) is 0 Å². The minimum atomic E-state index is -0.104. The Hall–Kier alpha value is -2.15. The number of fused-ring (bicyclic) bond motifs is 1. The first-order valence-corrected chi connectivity index (χ1v) is 9.10. The van der Waals surface area contributed by atoms with Crippen LogP contribution in [0.4, 0.5) is 0 Å². The number of likely N-dealkylation sites (tertiary alicyclic amines) is 1. The van der Waals surface area contributed by atoms with E-state index in [-0.39, 0.29) is 11.9 Å². The minimum Gasteiger partial charge on any atom is -0.496 e. The smallest absolute Gasteiger partial charge is 0.255 e. The Kier molecular flexibility index (Phi) is 5.53. The first kappa shape index (κ1) is 17.7. The molecule has 25 heavy (non-hydrogen) atoms. The van der Waals surface area contributed by atoms with E-state index in [0.717, 1.165) is 44.5 Å². The quantitative estimate of drug-likeness (QED) is 0.898. The fraction of sp³-hybridized carbons (Fsp3) is 0.611. The van der Waals surface area contributed by atoms with Gasteiger partial charge in [0.2, 0.25) is 0 Å². The van der Waals surface area contributed by atoms with Crippen molar-refractivity contribution in [1.82, 2.24) is 25.2 Å². The highest BCUT2D eigenvalue weighted by atomic mass is 16.5. The van der Waals surface area contributed by atoms with Crippen LogP contribution in [0.15, 0.2) is 12.1 Å². The van der Waals surface area contributed by atoms with Gasteiger partial charge in [-0.2, -0.15) is 0 Å². The van der Waals surface area contributed by atoms with Crippen LogP contribution < -0.4 is 10.1 Å². The third kappa shape index (κ3) is 3.76. The van der Waals surface area contributed by atoms with Gasteiger partial charge in [-0.1, -0.05) is 18.6 Å². The largest absolute Gasteiger partial charge is 0.496 e. The van der Waals surface area contributed by atoms with E-state index in [0.29, 0.717) is 16.8 Å². The van der Waals surface area contributed by atoms with Crippen molar-refractivity contribution in [2.75, 3.05) is 26.7 Å². The van der Waals surface area contributed by atoms with Crippen LogP contribution in [0.5, 0.6) is 5.75 Å². The number of carbonyl (C=O) groups excluding carboxylic acids is 1. The van der Waals surface area contributed by atoms with Gasteiger partial charge in [0.15, 0.2) is 0 Å². The minimum absolute atomic E-state index is 0.104. The van der Waals surface area contributed by atoms with Crippen LogP contribution in [0.3, 0.4) is 0 Å². The summed E-state index contributed by atoms with van der Waals surface area (Å²) in [5, 5.41) is 11.5. The summed E-state index contributed by atoms with van der Waals surface area (Å²) in [6, 6.07) is 3.79. The molecule has 1 fully saturated rings. The molecule has 1 aromatic carbocycles. The molecule has 1 aliphatic rings. The predicted octanol–water partition coefficient (Wildman–Crippen LogP) is 2.06. The highest BCUT2D eigenvalue weighted by molar-refractivity contribution is 6.00. The normalized spacial score (nSPS) is 18.9. The molecule has 0 unspecified atom stereocenters. The monoisotopic (exact) mass is 345 g/mol. The van der Waals surface area contributed by atoms with E-state index in [1.165, 1.54) is 6.42 Å². The number of hydrogen-bond acceptors (Lipinski definition) is 5. The molecule has 0 aliphatic carbocycles. The van der Waals surface area contributed by atoms with Gasteiger partial charge in [0.25, 0.3) is 5.91 Å². The van der Waals surface area contributed by atoms with Gasteiger partial charge in [-0.25, -0.2) is 4.68 Å². The lowest BCUT2D eigenvalue weighted by Gasteiger charge is -2.23. The molecule has 2 heterocycles. The van der Waals surface area contributed by atoms with Crippen LogP contribution in [0.1, 0.15) is 43.5 Å². The molecule has 1 amide bonds. The third-order valence-electron chi connectivity index (χ3n) is 4.92. The third-order valence-corrected chi connectivity index (χ3v) is 4.92. The van der Waals surface area contributed by atoms with E-state index in [4.69, 9.17) is 4.74 Å². The summed E-state index contributed by atoms with van der Waals surface area (Å²) in [4.78, 5) is 15.2. The van der Waals surface area contributed by atoms with E-state index in [2.05, 4.69) is 27.5 Å². The second-order valence-corrected chi connectivity index (χ2v) is 6.51. The van der Waals surface area contributed by atoms with Crippen molar-refractivity contribution in [3.8, 4) is 5.75 Å². The summed E-state index contributed by atoms with van der Waals surface area (Å²) in [6.45, 7) is 7.92. The zero-order valence-electron chi connectivity index (χ0n) is 15.3. The Morgan fingerprint density at radius 2 is 2.16 bits per heavy atom. The predicted molar refractivity (Wildman–Crippen MR) is 97.0 cm³/mol. The zero-order valence-corrected chi connectivity index (χ0v) is 15.3. The van der Waals surface area contributed by atoms with Crippen LogP contribution in [-0.4, -0.2) is 58.6 Å². The molecule has 0 saturated carbocycles. The second kappa shape index (κ2) is 7.82. The maximum Gasteiger partial charge on any atom is 0.255 e. The molecule has 1 aliphatic heterocycles. The van der Waals surface area contributed by atoms with Gasteiger partial charge < -0.3 is 15.0 Å². The molecule has 136 valence electrons. The Labute approximate surface area is 148 Å². The Morgan fingerprint density at radius 3 is 2.88 bits per heavy atom. The number of amides is 1. The lowest BCUT2D eigenvalue weighted by molar-refractivity contribution is 0.0924. The number of hydrogen-bond donors (Lipinski definition) is 1. The van der Waals surface area contributed by atoms with Crippen molar-refractivity contribution >= 4 is 16.9 Å². The van der Waals surface area contributed by atoms with Crippen LogP contribution in [-0.2, 0) is 6.54 Å². The van der Waals surface area contributed by atoms with Crippen molar-refractivity contribution < 1.29 is 9.53 Å². The van der Waals surface area contributed by atoms with Crippen molar-refractivity contribution in [3.63, 3.8) is 0 Å². The molecule has 0 spiro atoms. The Bertz CT molecular complexity index is 742. The van der Waals surface area contributed by atoms with Crippen molar-refractivity contribution in [1.29, 1.82) is 0 Å². The number of ether oxygens (including phenoxy) is 1. The zero-order chi connectivity index (χ0) is 17.8. The van der Waals surface area contributed by atoms with Crippen molar-refractivity contribution in [3.05, 3.63) is 17.7 Å². The van der Waals surface area contributed by atoms with E-state index < -0.39 is 0 Å². The summed E-state index contributed by atoms with van der Waals surface area (Å²) in [6.07, 6.45) is 3.34. The summed E-state index contributed by atoms with van der Waals surface area (Å²) >= 11 is 0. The average Bonchev–Trinajstić information content (AvgIpc) is 2.90. The molecule has 3 rings (SSSR count). The molecule has 7 heteroatoms. The SMILES string of the molecule is CCN1CCCC[C@@H](NC(=O)c2cc3nnn(CC)c3cc2OC)C1. The maximum atomic E-state index is 12.9. The summed E-state index contributed by atoms with van der Waals surface area (Å²) in [5.74, 6) is 0.454. The first-order valence-electron chi connectivity index (χ1n) is 9.10. The number of rotatable bonds is 5. The van der Waals surface area contributed by atoms with Crippen LogP contribution >= 0.6 is 0 Å². The highest BCUT2D eigenvalue weighted by Gasteiger charge is 2.22. The number of benzene rings is 1. The Morgan fingerprint density at radius 1 is 1.32 bits per heavy atom. The van der Waals surface area contributed by atoms with Gasteiger partial charge in [-0.3, -0.25) is 4.79 Å². The number of carbonyl (C=O) groups is 1. The van der Waals surface area contributed by atoms with Crippen molar-refractivity contribution in [2.45, 2.75) is 45.7 Å². The van der Waals surface area contributed by atoms with Gasteiger partial charge in [0, 0.05) is 25.2 Å². The number of nitrogens with zero attached hydrogens (tertiary/aromatic N) is 4. The fourth-order valence-electron chi connectivity index (χ4n) is 3.46. The second-order valence-electron chi connectivity index (χ2n) is 6.51. The highest BCUT2D eigenvalue weighted by Crippen LogP contribution is 2.25. The van der Waals surface area contributed by atoms with Crippen LogP contribution in [0.25, 0.3) is 11.0 Å². The topological polar surface area (TPSA) is 72.3 Å². The molecule has 1 aromatic heterocycles. The number of aromatic nitrogens is 3. The lowest BCUT2D eigenvalue weighted by Crippen LogP contribution is -2.42. The Balaban J connectivity index is 1.83. The number of likely N-dealkylation sites (N-methyl/N-ethyl adjacent to an activating group) is 1. The molecular formula is C18H27N5O2. The molecule has 2 aromatic rings. The first-order chi connectivity index (χ1) is 12.2.